The van der Waals surface area contributed by atoms with Gasteiger partial charge in [0.25, 0.3) is 5.91 Å². The maximum Gasteiger partial charge on any atom is 0.255 e. The molecule has 1 fully saturated rings. The average molecular weight is 416 g/mol. The van der Waals surface area contributed by atoms with E-state index in [2.05, 4.69) is 17.2 Å². The summed E-state index contributed by atoms with van der Waals surface area (Å²) >= 11 is 1.54. The molecule has 4 rings (SSSR count). The Morgan fingerprint density at radius 3 is 2.75 bits per heavy atom. The smallest absolute Gasteiger partial charge is 0.255 e. The standard InChI is InChI=1S/C20H21N3O3S2/c1-14-3-2-10-23(12-14)28(25,26)17-7-4-15(5-8-17)20(24)22-16-6-9-19-18(11-16)21-13-27-19/h4-9,11,13-14H,2-3,10,12H2,1H3,(H,22,24)/t14-/m0/s1. The number of rotatable bonds is 4. The summed E-state index contributed by atoms with van der Waals surface area (Å²) in [7, 11) is -3.52. The van der Waals surface area contributed by atoms with Crippen molar-refractivity contribution in [2.24, 2.45) is 5.92 Å². The Bertz CT molecular complexity index is 1110. The van der Waals surface area contributed by atoms with Gasteiger partial charge in [-0.3, -0.25) is 4.79 Å². The van der Waals surface area contributed by atoms with E-state index in [-0.39, 0.29) is 10.8 Å². The van der Waals surface area contributed by atoms with Crippen molar-refractivity contribution in [3.05, 3.63) is 53.5 Å². The number of fused-ring (bicyclic) bond motifs is 1. The number of nitrogens with one attached hydrogen (secondary N) is 1. The zero-order valence-corrected chi connectivity index (χ0v) is 17.1. The molecule has 3 aromatic rings. The van der Waals surface area contributed by atoms with Crippen LogP contribution < -0.4 is 5.32 Å². The van der Waals surface area contributed by atoms with Crippen LogP contribution in [0.15, 0.2) is 52.9 Å². The maximum absolute atomic E-state index is 12.8. The SMILES string of the molecule is C[C@H]1CCCN(S(=O)(=O)c2ccc(C(=O)Nc3ccc4scnc4c3)cc2)C1. The van der Waals surface area contributed by atoms with Crippen molar-refractivity contribution >= 4 is 43.2 Å². The molecule has 0 bridgehead atoms. The van der Waals surface area contributed by atoms with Gasteiger partial charge in [0.05, 0.1) is 20.6 Å². The Labute approximate surface area is 168 Å². The summed E-state index contributed by atoms with van der Waals surface area (Å²) in [4.78, 5) is 17.0. The highest BCUT2D eigenvalue weighted by atomic mass is 32.2. The molecule has 0 aliphatic carbocycles. The number of amides is 1. The first kappa shape index (κ1) is 19.0. The van der Waals surface area contributed by atoms with E-state index in [9.17, 15) is 13.2 Å². The second-order valence-electron chi connectivity index (χ2n) is 7.12. The third kappa shape index (κ3) is 3.80. The van der Waals surface area contributed by atoms with Gasteiger partial charge in [0.1, 0.15) is 0 Å². The number of hydrogen-bond acceptors (Lipinski definition) is 5. The maximum atomic E-state index is 12.8. The van der Waals surface area contributed by atoms with Crippen molar-refractivity contribution in [1.82, 2.24) is 9.29 Å². The Kier molecular flexibility index (Phi) is 5.18. The summed E-state index contributed by atoms with van der Waals surface area (Å²) in [5.41, 5.74) is 3.66. The van der Waals surface area contributed by atoms with Gasteiger partial charge in [-0.15, -0.1) is 11.3 Å². The molecule has 0 radical (unpaired) electrons. The first-order valence-corrected chi connectivity index (χ1v) is 11.5. The van der Waals surface area contributed by atoms with E-state index >= 15 is 0 Å². The molecule has 2 heterocycles. The molecule has 1 amide bonds. The van der Waals surface area contributed by atoms with Gasteiger partial charge in [0.2, 0.25) is 10.0 Å². The fourth-order valence-electron chi connectivity index (χ4n) is 3.43. The lowest BCUT2D eigenvalue weighted by Gasteiger charge is -2.30. The van der Waals surface area contributed by atoms with Crippen molar-refractivity contribution in [3.63, 3.8) is 0 Å². The summed E-state index contributed by atoms with van der Waals surface area (Å²) in [5, 5.41) is 2.83. The Hall–Kier alpha value is -2.29. The Balaban J connectivity index is 1.49. The van der Waals surface area contributed by atoms with Crippen molar-refractivity contribution in [2.45, 2.75) is 24.7 Å². The number of carbonyl (C=O) groups excluding carboxylic acids is 1. The fourth-order valence-corrected chi connectivity index (χ4v) is 5.69. The predicted molar refractivity (Wildman–Crippen MR) is 111 cm³/mol. The van der Waals surface area contributed by atoms with Crippen LogP contribution in [0.3, 0.4) is 0 Å². The van der Waals surface area contributed by atoms with Gasteiger partial charge in [-0.1, -0.05) is 6.92 Å². The molecule has 1 saturated heterocycles. The van der Waals surface area contributed by atoms with Crippen molar-refractivity contribution in [3.8, 4) is 0 Å². The quantitative estimate of drug-likeness (QED) is 0.699. The van der Waals surface area contributed by atoms with E-state index in [0.29, 0.717) is 30.3 Å². The molecule has 8 heteroatoms. The number of carbonyl (C=O) groups is 1. The molecule has 0 saturated carbocycles. The minimum atomic E-state index is -3.52. The van der Waals surface area contributed by atoms with Crippen molar-refractivity contribution < 1.29 is 13.2 Å². The van der Waals surface area contributed by atoms with Crippen LogP contribution in [0.5, 0.6) is 0 Å². The zero-order chi connectivity index (χ0) is 19.7. The second kappa shape index (κ2) is 7.62. The number of hydrogen-bond donors (Lipinski definition) is 1. The topological polar surface area (TPSA) is 79.4 Å². The Morgan fingerprint density at radius 1 is 1.21 bits per heavy atom. The highest BCUT2D eigenvalue weighted by Crippen LogP contribution is 2.24. The van der Waals surface area contributed by atoms with E-state index in [1.807, 2.05) is 18.2 Å². The number of sulfonamides is 1. The van der Waals surface area contributed by atoms with Crippen LogP contribution in [0, 0.1) is 5.92 Å². The summed E-state index contributed by atoms with van der Waals surface area (Å²) in [6, 6.07) is 11.7. The van der Waals surface area contributed by atoms with E-state index < -0.39 is 10.0 Å². The first-order valence-electron chi connectivity index (χ1n) is 9.18. The molecule has 1 aromatic heterocycles. The predicted octanol–water partition coefficient (Wildman–Crippen LogP) is 3.97. The Morgan fingerprint density at radius 2 is 2.00 bits per heavy atom. The number of thiazole rings is 1. The molecular weight excluding hydrogens is 394 g/mol. The zero-order valence-electron chi connectivity index (χ0n) is 15.5. The monoisotopic (exact) mass is 415 g/mol. The van der Waals surface area contributed by atoms with E-state index in [1.165, 1.54) is 12.1 Å². The van der Waals surface area contributed by atoms with Crippen LogP contribution in [0.4, 0.5) is 5.69 Å². The van der Waals surface area contributed by atoms with Crippen LogP contribution in [-0.4, -0.2) is 36.7 Å². The fraction of sp³-hybridized carbons (Fsp3) is 0.300. The lowest BCUT2D eigenvalue weighted by atomic mass is 10.0. The van der Waals surface area contributed by atoms with Gasteiger partial charge in [-0.05, 0) is 61.2 Å². The molecule has 1 N–H and O–H groups in total. The molecule has 146 valence electrons. The molecule has 0 spiro atoms. The summed E-state index contributed by atoms with van der Waals surface area (Å²) in [5.74, 6) is 0.0775. The minimum absolute atomic E-state index is 0.224. The van der Waals surface area contributed by atoms with Gasteiger partial charge in [0.15, 0.2) is 0 Å². The van der Waals surface area contributed by atoms with Gasteiger partial charge >= 0.3 is 0 Å². The normalized spacial score (nSPS) is 18.2. The number of aromatic nitrogens is 1. The molecule has 1 aliphatic rings. The van der Waals surface area contributed by atoms with E-state index in [0.717, 1.165) is 23.1 Å². The molecular formula is C20H21N3O3S2. The van der Waals surface area contributed by atoms with Crippen molar-refractivity contribution in [1.29, 1.82) is 0 Å². The third-order valence-corrected chi connectivity index (χ3v) is 7.65. The highest BCUT2D eigenvalue weighted by Gasteiger charge is 2.28. The molecule has 2 aromatic carbocycles. The van der Waals surface area contributed by atoms with Gasteiger partial charge in [-0.2, -0.15) is 4.31 Å². The lowest BCUT2D eigenvalue weighted by molar-refractivity contribution is 0.102. The molecule has 28 heavy (non-hydrogen) atoms. The first-order chi connectivity index (χ1) is 13.4. The number of benzene rings is 2. The van der Waals surface area contributed by atoms with Gasteiger partial charge in [-0.25, -0.2) is 13.4 Å². The minimum Gasteiger partial charge on any atom is -0.322 e. The largest absolute Gasteiger partial charge is 0.322 e. The third-order valence-electron chi connectivity index (χ3n) is 4.96. The van der Waals surface area contributed by atoms with Crippen LogP contribution in [0.2, 0.25) is 0 Å². The van der Waals surface area contributed by atoms with Crippen LogP contribution in [0.25, 0.3) is 10.2 Å². The summed E-state index contributed by atoms with van der Waals surface area (Å²) in [6.07, 6.45) is 1.93. The second-order valence-corrected chi connectivity index (χ2v) is 9.95. The number of nitrogens with zero attached hydrogens (tertiary/aromatic N) is 2. The lowest BCUT2D eigenvalue weighted by Crippen LogP contribution is -2.39. The summed E-state index contributed by atoms with van der Waals surface area (Å²) < 4.78 is 28.2. The molecule has 6 nitrogen and oxygen atoms in total. The molecule has 0 unspecified atom stereocenters. The average Bonchev–Trinajstić information content (AvgIpc) is 3.16. The summed E-state index contributed by atoms with van der Waals surface area (Å²) in [6.45, 7) is 3.16. The highest BCUT2D eigenvalue weighted by molar-refractivity contribution is 7.89. The van der Waals surface area contributed by atoms with Crippen LogP contribution >= 0.6 is 11.3 Å². The van der Waals surface area contributed by atoms with E-state index in [1.54, 1.807) is 33.3 Å². The van der Waals surface area contributed by atoms with Crippen molar-refractivity contribution in [2.75, 3.05) is 18.4 Å². The van der Waals surface area contributed by atoms with E-state index in [4.69, 9.17) is 0 Å². The van der Waals surface area contributed by atoms with Crippen LogP contribution in [-0.2, 0) is 10.0 Å². The molecule has 1 atom stereocenters. The van der Waals surface area contributed by atoms with Crippen LogP contribution in [0.1, 0.15) is 30.1 Å². The number of anilines is 1. The number of piperidine rings is 1. The van der Waals surface area contributed by atoms with Gasteiger partial charge in [0, 0.05) is 24.3 Å². The van der Waals surface area contributed by atoms with Gasteiger partial charge < -0.3 is 5.32 Å². The molecule has 1 aliphatic heterocycles.